The number of likely N-dealkylation sites (N-methyl/N-ethyl adjacent to an activating group) is 1. The Morgan fingerprint density at radius 1 is 0.920 bits per heavy atom. The number of hydrogen-bond acceptors (Lipinski definition) is 4. The number of hydrogen-bond donors (Lipinski definition) is 2. The SMILES string of the molecule is CCNC(=NCC(C)N1CCN(CC)CC1)NCCN1CCCCC1. The van der Waals surface area contributed by atoms with Crippen molar-refractivity contribution in [3.05, 3.63) is 0 Å². The van der Waals surface area contributed by atoms with Gasteiger partial charge in [0.25, 0.3) is 0 Å². The molecule has 25 heavy (non-hydrogen) atoms. The van der Waals surface area contributed by atoms with Crippen molar-refractivity contribution in [1.29, 1.82) is 0 Å². The van der Waals surface area contributed by atoms with Crippen LogP contribution in [-0.2, 0) is 0 Å². The Labute approximate surface area is 155 Å². The Hall–Kier alpha value is -0.850. The van der Waals surface area contributed by atoms with Gasteiger partial charge in [0.1, 0.15) is 0 Å². The Morgan fingerprint density at radius 3 is 2.28 bits per heavy atom. The molecule has 0 bridgehead atoms. The van der Waals surface area contributed by atoms with Crippen molar-refractivity contribution in [3.63, 3.8) is 0 Å². The molecule has 0 aromatic carbocycles. The third-order valence-corrected chi connectivity index (χ3v) is 5.50. The Morgan fingerprint density at radius 2 is 1.64 bits per heavy atom. The van der Waals surface area contributed by atoms with Crippen LogP contribution in [0.2, 0.25) is 0 Å². The van der Waals surface area contributed by atoms with E-state index in [0.717, 1.165) is 32.1 Å². The number of likely N-dealkylation sites (tertiary alicyclic amines) is 1. The van der Waals surface area contributed by atoms with E-state index in [9.17, 15) is 0 Å². The van der Waals surface area contributed by atoms with Crippen molar-refractivity contribution < 1.29 is 0 Å². The smallest absolute Gasteiger partial charge is 0.191 e. The lowest BCUT2D eigenvalue weighted by Gasteiger charge is -2.37. The molecule has 2 aliphatic rings. The van der Waals surface area contributed by atoms with Gasteiger partial charge >= 0.3 is 0 Å². The molecule has 0 aliphatic carbocycles. The molecule has 0 aromatic heterocycles. The third kappa shape index (κ3) is 7.50. The zero-order valence-electron chi connectivity index (χ0n) is 16.8. The van der Waals surface area contributed by atoms with Gasteiger partial charge in [-0.2, -0.15) is 0 Å². The van der Waals surface area contributed by atoms with Crippen LogP contribution >= 0.6 is 0 Å². The molecule has 2 saturated heterocycles. The van der Waals surface area contributed by atoms with E-state index in [1.807, 2.05) is 0 Å². The van der Waals surface area contributed by atoms with E-state index < -0.39 is 0 Å². The van der Waals surface area contributed by atoms with Crippen molar-refractivity contribution in [3.8, 4) is 0 Å². The molecule has 0 radical (unpaired) electrons. The Kier molecular flexibility index (Phi) is 9.58. The summed E-state index contributed by atoms with van der Waals surface area (Å²) in [6.45, 7) is 19.0. The van der Waals surface area contributed by atoms with E-state index in [4.69, 9.17) is 4.99 Å². The van der Waals surface area contributed by atoms with Crippen LogP contribution in [0.3, 0.4) is 0 Å². The first-order valence-corrected chi connectivity index (χ1v) is 10.4. The normalized spacial score (nSPS) is 22.8. The number of rotatable bonds is 8. The van der Waals surface area contributed by atoms with Crippen LogP contribution in [0.15, 0.2) is 4.99 Å². The molecule has 6 nitrogen and oxygen atoms in total. The molecule has 1 unspecified atom stereocenters. The second kappa shape index (κ2) is 11.7. The standard InChI is InChI=1S/C19H40N6/c1-4-20-19(21-9-12-24-10-7-6-8-11-24)22-17-18(3)25-15-13-23(5-2)14-16-25/h18H,4-17H2,1-3H3,(H2,20,21,22). The summed E-state index contributed by atoms with van der Waals surface area (Å²) >= 11 is 0. The first-order chi connectivity index (χ1) is 12.2. The maximum atomic E-state index is 4.83. The van der Waals surface area contributed by atoms with E-state index in [1.54, 1.807) is 0 Å². The van der Waals surface area contributed by atoms with Gasteiger partial charge in [-0.05, 0) is 46.3 Å². The molecule has 146 valence electrons. The molecule has 2 heterocycles. The largest absolute Gasteiger partial charge is 0.357 e. The number of nitrogens with zero attached hydrogens (tertiary/aromatic N) is 4. The van der Waals surface area contributed by atoms with Gasteiger partial charge in [0.05, 0.1) is 6.54 Å². The maximum absolute atomic E-state index is 4.83. The predicted molar refractivity (Wildman–Crippen MR) is 107 cm³/mol. The van der Waals surface area contributed by atoms with Crippen LogP contribution in [0.25, 0.3) is 0 Å². The van der Waals surface area contributed by atoms with Gasteiger partial charge in [-0.15, -0.1) is 0 Å². The van der Waals surface area contributed by atoms with Gasteiger partial charge in [-0.1, -0.05) is 13.3 Å². The Balaban J connectivity index is 1.70. The number of piperidine rings is 1. The van der Waals surface area contributed by atoms with Crippen molar-refractivity contribution >= 4 is 5.96 Å². The van der Waals surface area contributed by atoms with Crippen LogP contribution in [0.1, 0.15) is 40.0 Å². The fraction of sp³-hybridized carbons (Fsp3) is 0.947. The predicted octanol–water partition coefficient (Wildman–Crippen LogP) is 1.05. The second-order valence-corrected chi connectivity index (χ2v) is 7.37. The molecule has 0 saturated carbocycles. The minimum atomic E-state index is 0.511. The van der Waals surface area contributed by atoms with Crippen LogP contribution in [0.5, 0.6) is 0 Å². The molecule has 2 N–H and O–H groups in total. The fourth-order valence-corrected chi connectivity index (χ4v) is 3.72. The molecular formula is C19H40N6. The number of aliphatic imine (C=N–C) groups is 1. The molecule has 2 fully saturated rings. The van der Waals surface area contributed by atoms with Gasteiger partial charge in [0.2, 0.25) is 0 Å². The van der Waals surface area contributed by atoms with Crippen molar-refractivity contribution in [1.82, 2.24) is 25.3 Å². The summed E-state index contributed by atoms with van der Waals surface area (Å²) in [5.74, 6) is 0.971. The molecular weight excluding hydrogens is 312 g/mol. The van der Waals surface area contributed by atoms with E-state index in [2.05, 4.69) is 46.1 Å². The number of piperazine rings is 1. The summed E-state index contributed by atoms with van der Waals surface area (Å²) in [4.78, 5) is 12.5. The highest BCUT2D eigenvalue weighted by Gasteiger charge is 2.19. The quantitative estimate of drug-likeness (QED) is 0.505. The monoisotopic (exact) mass is 352 g/mol. The molecule has 0 amide bonds. The molecule has 2 rings (SSSR count). The first kappa shape index (κ1) is 20.5. The van der Waals surface area contributed by atoms with E-state index in [0.29, 0.717) is 6.04 Å². The number of guanidine groups is 1. The molecule has 6 heteroatoms. The lowest BCUT2D eigenvalue weighted by Crippen LogP contribution is -2.50. The van der Waals surface area contributed by atoms with Crippen LogP contribution in [0.4, 0.5) is 0 Å². The van der Waals surface area contributed by atoms with Crippen molar-refractivity contribution in [2.24, 2.45) is 4.99 Å². The van der Waals surface area contributed by atoms with E-state index >= 15 is 0 Å². The van der Waals surface area contributed by atoms with E-state index in [1.165, 1.54) is 65.1 Å². The second-order valence-electron chi connectivity index (χ2n) is 7.37. The average molecular weight is 353 g/mol. The summed E-state index contributed by atoms with van der Waals surface area (Å²) in [5.41, 5.74) is 0. The highest BCUT2D eigenvalue weighted by Crippen LogP contribution is 2.08. The lowest BCUT2D eigenvalue weighted by atomic mass is 10.1. The first-order valence-electron chi connectivity index (χ1n) is 10.4. The van der Waals surface area contributed by atoms with E-state index in [-0.39, 0.29) is 0 Å². The zero-order valence-corrected chi connectivity index (χ0v) is 16.8. The van der Waals surface area contributed by atoms with Gasteiger partial charge < -0.3 is 20.4 Å². The fourth-order valence-electron chi connectivity index (χ4n) is 3.72. The minimum absolute atomic E-state index is 0.511. The molecule has 0 aromatic rings. The molecule has 0 spiro atoms. The topological polar surface area (TPSA) is 46.1 Å². The van der Waals surface area contributed by atoms with Gasteiger partial charge in [-0.3, -0.25) is 9.89 Å². The van der Waals surface area contributed by atoms with Crippen LogP contribution in [-0.4, -0.2) is 98.7 Å². The van der Waals surface area contributed by atoms with Crippen LogP contribution < -0.4 is 10.6 Å². The zero-order chi connectivity index (χ0) is 17.9. The van der Waals surface area contributed by atoms with Crippen LogP contribution in [0, 0.1) is 0 Å². The lowest BCUT2D eigenvalue weighted by molar-refractivity contribution is 0.109. The summed E-state index contributed by atoms with van der Waals surface area (Å²) in [6, 6.07) is 0.511. The molecule has 1 atom stereocenters. The molecule has 2 aliphatic heterocycles. The van der Waals surface area contributed by atoms with Gasteiger partial charge in [0, 0.05) is 51.9 Å². The number of nitrogens with one attached hydrogen (secondary N) is 2. The summed E-state index contributed by atoms with van der Waals surface area (Å²) in [5, 5.41) is 6.90. The summed E-state index contributed by atoms with van der Waals surface area (Å²) in [6.07, 6.45) is 4.12. The highest BCUT2D eigenvalue weighted by atomic mass is 15.3. The van der Waals surface area contributed by atoms with Gasteiger partial charge in [0.15, 0.2) is 5.96 Å². The third-order valence-electron chi connectivity index (χ3n) is 5.50. The van der Waals surface area contributed by atoms with Crippen molar-refractivity contribution in [2.45, 2.75) is 46.1 Å². The minimum Gasteiger partial charge on any atom is -0.357 e. The average Bonchev–Trinajstić information content (AvgIpc) is 2.66. The highest BCUT2D eigenvalue weighted by molar-refractivity contribution is 5.79. The van der Waals surface area contributed by atoms with Gasteiger partial charge in [-0.25, -0.2) is 0 Å². The Bertz CT molecular complexity index is 372. The van der Waals surface area contributed by atoms with Crippen molar-refractivity contribution in [2.75, 3.05) is 72.0 Å². The summed E-state index contributed by atoms with van der Waals surface area (Å²) < 4.78 is 0. The maximum Gasteiger partial charge on any atom is 0.191 e. The summed E-state index contributed by atoms with van der Waals surface area (Å²) in [7, 11) is 0.